The van der Waals surface area contributed by atoms with Gasteiger partial charge in [0, 0.05) is 6.42 Å². The van der Waals surface area contributed by atoms with Gasteiger partial charge in [-0.2, -0.15) is 0 Å². The lowest BCUT2D eigenvalue weighted by molar-refractivity contribution is -0.169. The molecule has 1 saturated heterocycles. The fourth-order valence-electron chi connectivity index (χ4n) is 1.49. The van der Waals surface area contributed by atoms with E-state index in [0.717, 1.165) is 0 Å². The third-order valence-corrected chi connectivity index (χ3v) is 2.70. The summed E-state index contributed by atoms with van der Waals surface area (Å²) >= 11 is 0. The van der Waals surface area contributed by atoms with Gasteiger partial charge in [-0.3, -0.25) is 4.79 Å². The van der Waals surface area contributed by atoms with Crippen LogP contribution in [0.2, 0.25) is 0 Å². The molecule has 2 heteroatoms. The Hall–Kier alpha value is -0.370. The molecule has 0 saturated carbocycles. The maximum Gasteiger partial charge on any atom is 0.143 e. The van der Waals surface area contributed by atoms with Crippen LogP contribution in [0.3, 0.4) is 0 Å². The summed E-state index contributed by atoms with van der Waals surface area (Å²) in [6, 6.07) is 0. The summed E-state index contributed by atoms with van der Waals surface area (Å²) in [4.78, 5) is 11.5. The zero-order chi connectivity index (χ0) is 8.48. The van der Waals surface area contributed by atoms with Crippen molar-refractivity contribution in [1.29, 1.82) is 0 Å². The van der Waals surface area contributed by atoms with Gasteiger partial charge in [-0.05, 0) is 5.92 Å². The van der Waals surface area contributed by atoms with Crippen molar-refractivity contribution < 1.29 is 9.53 Å². The fraction of sp³-hybridized carbons (Fsp3) is 0.889. The van der Waals surface area contributed by atoms with Crippen molar-refractivity contribution in [2.24, 2.45) is 11.3 Å². The Morgan fingerprint density at radius 1 is 1.55 bits per heavy atom. The van der Waals surface area contributed by atoms with Gasteiger partial charge in [-0.25, -0.2) is 0 Å². The molecule has 2 nitrogen and oxygen atoms in total. The van der Waals surface area contributed by atoms with Crippen molar-refractivity contribution >= 4 is 5.78 Å². The van der Waals surface area contributed by atoms with E-state index in [2.05, 4.69) is 13.8 Å². The number of carbonyl (C=O) groups excluding carboxylic acids is 1. The Morgan fingerprint density at radius 2 is 2.09 bits per heavy atom. The van der Waals surface area contributed by atoms with Crippen LogP contribution >= 0.6 is 0 Å². The van der Waals surface area contributed by atoms with Gasteiger partial charge in [0.2, 0.25) is 0 Å². The zero-order valence-electron chi connectivity index (χ0n) is 7.52. The highest BCUT2D eigenvalue weighted by Crippen LogP contribution is 2.37. The van der Waals surface area contributed by atoms with Crippen LogP contribution in [0.25, 0.3) is 0 Å². The summed E-state index contributed by atoms with van der Waals surface area (Å²) in [5.74, 6) is 0.780. The Labute approximate surface area is 67.9 Å². The van der Waals surface area contributed by atoms with Gasteiger partial charge in [0.05, 0.1) is 18.6 Å². The second-order valence-electron chi connectivity index (χ2n) is 3.58. The zero-order valence-corrected chi connectivity index (χ0v) is 7.52. The Bertz CT molecular complexity index is 157. The molecular weight excluding hydrogens is 140 g/mol. The lowest BCUT2D eigenvalue weighted by atomic mass is 9.71. The van der Waals surface area contributed by atoms with E-state index in [9.17, 15) is 4.79 Å². The third kappa shape index (κ3) is 1.20. The van der Waals surface area contributed by atoms with Crippen LogP contribution < -0.4 is 0 Å². The Balaban J connectivity index is 2.67. The van der Waals surface area contributed by atoms with Crippen LogP contribution in [0, 0.1) is 11.3 Å². The first-order valence-corrected chi connectivity index (χ1v) is 4.24. The standard InChI is InChI=1S/C9H16O2/c1-4-8(10)9(7(2)3)5-11-6-9/h7H,4-6H2,1-3H3. The Kier molecular flexibility index (Phi) is 2.33. The van der Waals surface area contributed by atoms with Gasteiger partial charge in [-0.15, -0.1) is 0 Å². The van der Waals surface area contributed by atoms with E-state index in [1.165, 1.54) is 0 Å². The molecule has 0 amide bonds. The quantitative estimate of drug-likeness (QED) is 0.621. The monoisotopic (exact) mass is 156 g/mol. The van der Waals surface area contributed by atoms with E-state index in [1.54, 1.807) is 0 Å². The molecule has 0 radical (unpaired) electrons. The predicted octanol–water partition coefficient (Wildman–Crippen LogP) is 1.64. The predicted molar refractivity (Wildman–Crippen MR) is 43.4 cm³/mol. The number of ketones is 1. The van der Waals surface area contributed by atoms with Crippen LogP contribution in [0.5, 0.6) is 0 Å². The number of ether oxygens (including phenoxy) is 1. The minimum atomic E-state index is -0.130. The van der Waals surface area contributed by atoms with Crippen molar-refractivity contribution in [3.05, 3.63) is 0 Å². The average molecular weight is 156 g/mol. The van der Waals surface area contributed by atoms with Gasteiger partial charge in [0.25, 0.3) is 0 Å². The van der Waals surface area contributed by atoms with Gasteiger partial charge in [-0.1, -0.05) is 20.8 Å². The average Bonchev–Trinajstić information content (AvgIpc) is 1.84. The van der Waals surface area contributed by atoms with E-state index in [0.29, 0.717) is 31.3 Å². The third-order valence-electron chi connectivity index (χ3n) is 2.70. The summed E-state index contributed by atoms with van der Waals surface area (Å²) in [6.07, 6.45) is 0.640. The van der Waals surface area contributed by atoms with Crippen LogP contribution in [-0.4, -0.2) is 19.0 Å². The van der Waals surface area contributed by atoms with Crippen molar-refractivity contribution in [2.75, 3.05) is 13.2 Å². The normalized spacial score (nSPS) is 21.5. The molecule has 0 aromatic rings. The lowest BCUT2D eigenvalue weighted by Gasteiger charge is -2.43. The van der Waals surface area contributed by atoms with Crippen molar-refractivity contribution in [2.45, 2.75) is 27.2 Å². The largest absolute Gasteiger partial charge is 0.379 e. The maximum absolute atomic E-state index is 11.5. The van der Waals surface area contributed by atoms with Crippen LogP contribution in [0.15, 0.2) is 0 Å². The summed E-state index contributed by atoms with van der Waals surface area (Å²) in [5.41, 5.74) is -0.130. The van der Waals surface area contributed by atoms with Gasteiger partial charge in [0.15, 0.2) is 0 Å². The number of Topliss-reactive ketones (excluding diaryl/α,β-unsaturated/α-hetero) is 1. The molecule has 1 rings (SSSR count). The first-order chi connectivity index (χ1) is 5.13. The Morgan fingerprint density at radius 3 is 2.18 bits per heavy atom. The highest BCUT2D eigenvalue weighted by molar-refractivity contribution is 5.85. The van der Waals surface area contributed by atoms with E-state index in [-0.39, 0.29) is 5.41 Å². The van der Waals surface area contributed by atoms with Crippen LogP contribution in [0.4, 0.5) is 0 Å². The first kappa shape index (κ1) is 8.72. The molecule has 0 spiro atoms. The molecule has 1 heterocycles. The number of rotatable bonds is 3. The van der Waals surface area contributed by atoms with Crippen LogP contribution in [-0.2, 0) is 9.53 Å². The lowest BCUT2D eigenvalue weighted by Crippen LogP contribution is -2.52. The maximum atomic E-state index is 11.5. The molecule has 0 aromatic heterocycles. The van der Waals surface area contributed by atoms with E-state index in [4.69, 9.17) is 4.74 Å². The minimum Gasteiger partial charge on any atom is -0.379 e. The molecule has 0 N–H and O–H groups in total. The molecule has 64 valence electrons. The summed E-state index contributed by atoms with van der Waals surface area (Å²) < 4.78 is 5.10. The summed E-state index contributed by atoms with van der Waals surface area (Å²) in [6.45, 7) is 7.38. The van der Waals surface area contributed by atoms with E-state index in [1.807, 2.05) is 6.92 Å². The molecule has 0 atom stereocenters. The number of hydrogen-bond donors (Lipinski definition) is 0. The molecular formula is C9H16O2. The molecule has 1 aliphatic heterocycles. The molecule has 11 heavy (non-hydrogen) atoms. The van der Waals surface area contributed by atoms with Crippen molar-refractivity contribution in [3.63, 3.8) is 0 Å². The second-order valence-corrected chi connectivity index (χ2v) is 3.58. The molecule has 1 aliphatic rings. The molecule has 0 aromatic carbocycles. The summed E-state index contributed by atoms with van der Waals surface area (Å²) in [7, 11) is 0. The number of hydrogen-bond acceptors (Lipinski definition) is 2. The smallest absolute Gasteiger partial charge is 0.143 e. The van der Waals surface area contributed by atoms with Gasteiger partial charge in [0.1, 0.15) is 5.78 Å². The highest BCUT2D eigenvalue weighted by atomic mass is 16.5. The molecule has 1 fully saturated rings. The molecule has 0 aliphatic carbocycles. The van der Waals surface area contributed by atoms with E-state index >= 15 is 0 Å². The molecule has 0 unspecified atom stereocenters. The summed E-state index contributed by atoms with van der Waals surface area (Å²) in [5, 5.41) is 0. The van der Waals surface area contributed by atoms with E-state index < -0.39 is 0 Å². The second kappa shape index (κ2) is 2.94. The SMILES string of the molecule is CCC(=O)C1(C(C)C)COC1. The van der Waals surface area contributed by atoms with Crippen LogP contribution in [0.1, 0.15) is 27.2 Å². The first-order valence-electron chi connectivity index (χ1n) is 4.24. The highest BCUT2D eigenvalue weighted by Gasteiger charge is 2.46. The number of carbonyl (C=O) groups is 1. The van der Waals surface area contributed by atoms with Crippen molar-refractivity contribution in [1.82, 2.24) is 0 Å². The minimum absolute atomic E-state index is 0.130. The fourth-order valence-corrected chi connectivity index (χ4v) is 1.49. The van der Waals surface area contributed by atoms with Gasteiger partial charge >= 0.3 is 0 Å². The van der Waals surface area contributed by atoms with Crippen molar-refractivity contribution in [3.8, 4) is 0 Å². The molecule has 0 bridgehead atoms. The van der Waals surface area contributed by atoms with Gasteiger partial charge < -0.3 is 4.74 Å². The topological polar surface area (TPSA) is 26.3 Å².